The molecule has 3 nitrogen and oxygen atoms in total. The zero-order valence-corrected chi connectivity index (χ0v) is 14.6. The predicted octanol–water partition coefficient (Wildman–Crippen LogP) is 5.48. The molecule has 3 rings (SSSR count). The average molecular weight is 401 g/mol. The maximum atomic E-state index is 13.0. The summed E-state index contributed by atoms with van der Waals surface area (Å²) in [5, 5.41) is 21.4. The zero-order valence-electron chi connectivity index (χ0n) is 12.2. The highest BCUT2D eigenvalue weighted by Crippen LogP contribution is 2.29. The fourth-order valence-electron chi connectivity index (χ4n) is 2.07. The standard InChI is InChI=1S/C18H10BrFN2OS/c19-15-8-11(1-6-17(15)23)7-13(9-21)18-22-16(10-24-18)12-2-4-14(20)5-3-12/h1-8,10,23H/b13-7+. The highest BCUT2D eigenvalue weighted by atomic mass is 79.9. The second kappa shape index (κ2) is 6.95. The molecule has 0 aliphatic carbocycles. The van der Waals surface area contributed by atoms with Crippen molar-refractivity contribution in [1.29, 1.82) is 5.26 Å². The van der Waals surface area contributed by atoms with Gasteiger partial charge in [-0.3, -0.25) is 0 Å². The molecular weight excluding hydrogens is 391 g/mol. The van der Waals surface area contributed by atoms with Gasteiger partial charge in [-0.05, 0) is 64.0 Å². The Morgan fingerprint density at radius 2 is 2.00 bits per heavy atom. The van der Waals surface area contributed by atoms with Crippen molar-refractivity contribution >= 4 is 38.9 Å². The van der Waals surface area contributed by atoms with Crippen LogP contribution >= 0.6 is 27.3 Å². The van der Waals surface area contributed by atoms with E-state index >= 15 is 0 Å². The summed E-state index contributed by atoms with van der Waals surface area (Å²) in [6.45, 7) is 0. The number of aromatic nitrogens is 1. The van der Waals surface area contributed by atoms with Crippen molar-refractivity contribution in [3.05, 3.63) is 68.7 Å². The molecule has 0 bridgehead atoms. The Balaban J connectivity index is 1.94. The van der Waals surface area contributed by atoms with Gasteiger partial charge in [0.25, 0.3) is 0 Å². The number of nitriles is 1. The smallest absolute Gasteiger partial charge is 0.134 e. The number of hydrogen-bond donors (Lipinski definition) is 1. The number of allylic oxidation sites excluding steroid dienone is 1. The molecule has 0 spiro atoms. The molecule has 1 heterocycles. The Morgan fingerprint density at radius 3 is 2.67 bits per heavy atom. The third-order valence-corrected chi connectivity index (χ3v) is 4.79. The second-order valence-corrected chi connectivity index (χ2v) is 6.64. The van der Waals surface area contributed by atoms with E-state index in [0.717, 1.165) is 11.1 Å². The van der Waals surface area contributed by atoms with Crippen LogP contribution in [-0.2, 0) is 0 Å². The maximum absolute atomic E-state index is 13.0. The lowest BCUT2D eigenvalue weighted by atomic mass is 10.1. The zero-order chi connectivity index (χ0) is 17.1. The molecule has 2 aromatic carbocycles. The fraction of sp³-hybridized carbons (Fsp3) is 0. The molecule has 0 aliphatic rings. The summed E-state index contributed by atoms with van der Waals surface area (Å²) in [7, 11) is 0. The largest absolute Gasteiger partial charge is 0.507 e. The van der Waals surface area contributed by atoms with Crippen molar-refractivity contribution < 1.29 is 9.50 Å². The molecular formula is C18H10BrFN2OS. The summed E-state index contributed by atoms with van der Waals surface area (Å²) in [5.41, 5.74) is 2.69. The third-order valence-electron chi connectivity index (χ3n) is 3.28. The first-order chi connectivity index (χ1) is 11.6. The van der Waals surface area contributed by atoms with Gasteiger partial charge in [-0.15, -0.1) is 11.3 Å². The quantitative estimate of drug-likeness (QED) is 0.591. The Kier molecular flexibility index (Phi) is 4.74. The normalized spacial score (nSPS) is 11.3. The van der Waals surface area contributed by atoms with E-state index in [2.05, 4.69) is 27.0 Å². The molecule has 0 radical (unpaired) electrons. The number of thiazole rings is 1. The first-order valence-corrected chi connectivity index (χ1v) is 8.56. The average Bonchev–Trinajstić information content (AvgIpc) is 3.06. The van der Waals surface area contributed by atoms with Gasteiger partial charge >= 0.3 is 0 Å². The van der Waals surface area contributed by atoms with E-state index in [-0.39, 0.29) is 11.6 Å². The molecule has 118 valence electrons. The van der Waals surface area contributed by atoms with Crippen molar-refractivity contribution in [2.45, 2.75) is 0 Å². The van der Waals surface area contributed by atoms with Crippen LogP contribution in [0.4, 0.5) is 4.39 Å². The van der Waals surface area contributed by atoms with Crippen molar-refractivity contribution in [3.8, 4) is 23.1 Å². The molecule has 0 saturated heterocycles. The first-order valence-electron chi connectivity index (χ1n) is 6.89. The van der Waals surface area contributed by atoms with Gasteiger partial charge in [-0.2, -0.15) is 5.26 Å². The van der Waals surface area contributed by atoms with Gasteiger partial charge in [0.1, 0.15) is 22.6 Å². The monoisotopic (exact) mass is 400 g/mol. The highest BCUT2D eigenvalue weighted by Gasteiger charge is 2.10. The lowest BCUT2D eigenvalue weighted by Crippen LogP contribution is -1.83. The number of phenolic OH excluding ortho intramolecular Hbond substituents is 1. The molecule has 6 heteroatoms. The summed E-state index contributed by atoms with van der Waals surface area (Å²) in [6, 6.07) is 13.2. The molecule has 0 unspecified atom stereocenters. The van der Waals surface area contributed by atoms with Gasteiger partial charge in [-0.25, -0.2) is 9.37 Å². The molecule has 3 aromatic rings. The Morgan fingerprint density at radius 1 is 1.25 bits per heavy atom. The number of benzene rings is 2. The van der Waals surface area contributed by atoms with Crippen LogP contribution in [0.25, 0.3) is 22.9 Å². The van der Waals surface area contributed by atoms with Gasteiger partial charge in [0, 0.05) is 10.9 Å². The number of rotatable bonds is 3. The van der Waals surface area contributed by atoms with E-state index in [4.69, 9.17) is 0 Å². The SMILES string of the molecule is N#C/C(=C\c1ccc(O)c(Br)c1)c1nc(-c2ccc(F)cc2)cs1. The molecule has 1 N–H and O–H groups in total. The summed E-state index contributed by atoms with van der Waals surface area (Å²) in [4.78, 5) is 4.46. The topological polar surface area (TPSA) is 56.9 Å². The van der Waals surface area contributed by atoms with Crippen molar-refractivity contribution in [2.24, 2.45) is 0 Å². The van der Waals surface area contributed by atoms with Crippen LogP contribution in [-0.4, -0.2) is 10.1 Å². The Hall–Kier alpha value is -2.49. The molecule has 1 aromatic heterocycles. The number of nitrogens with zero attached hydrogens (tertiary/aromatic N) is 2. The number of phenols is 1. The van der Waals surface area contributed by atoms with E-state index in [9.17, 15) is 14.8 Å². The Labute approximate surface area is 150 Å². The molecule has 0 fully saturated rings. The predicted molar refractivity (Wildman–Crippen MR) is 96.8 cm³/mol. The van der Waals surface area contributed by atoms with E-state index in [0.29, 0.717) is 20.7 Å². The van der Waals surface area contributed by atoms with Crippen LogP contribution in [0.5, 0.6) is 5.75 Å². The fourth-order valence-corrected chi connectivity index (χ4v) is 3.26. The number of aromatic hydroxyl groups is 1. The van der Waals surface area contributed by atoms with Crippen molar-refractivity contribution in [2.75, 3.05) is 0 Å². The molecule has 0 atom stereocenters. The molecule has 0 aliphatic heterocycles. The maximum Gasteiger partial charge on any atom is 0.134 e. The lowest BCUT2D eigenvalue weighted by Gasteiger charge is -1.99. The molecule has 0 saturated carbocycles. The highest BCUT2D eigenvalue weighted by molar-refractivity contribution is 9.10. The van der Waals surface area contributed by atoms with Gasteiger partial charge in [0.2, 0.25) is 0 Å². The number of halogens is 2. The van der Waals surface area contributed by atoms with Crippen LogP contribution in [0.1, 0.15) is 10.6 Å². The van der Waals surface area contributed by atoms with Crippen LogP contribution < -0.4 is 0 Å². The first kappa shape index (κ1) is 16.4. The van der Waals surface area contributed by atoms with E-state index in [1.54, 1.807) is 36.4 Å². The summed E-state index contributed by atoms with van der Waals surface area (Å²) in [5.74, 6) is -0.164. The van der Waals surface area contributed by atoms with Gasteiger partial charge in [0.15, 0.2) is 0 Å². The number of hydrogen-bond acceptors (Lipinski definition) is 4. The van der Waals surface area contributed by atoms with E-state index < -0.39 is 0 Å². The summed E-state index contributed by atoms with van der Waals surface area (Å²) in [6.07, 6.45) is 1.71. The van der Waals surface area contributed by atoms with Gasteiger partial charge in [0.05, 0.1) is 15.7 Å². The van der Waals surface area contributed by atoms with Gasteiger partial charge < -0.3 is 5.11 Å². The summed E-state index contributed by atoms with van der Waals surface area (Å²) < 4.78 is 13.6. The van der Waals surface area contributed by atoms with Crippen molar-refractivity contribution in [1.82, 2.24) is 4.98 Å². The van der Waals surface area contributed by atoms with Crippen molar-refractivity contribution in [3.63, 3.8) is 0 Å². The third kappa shape index (κ3) is 3.53. The lowest BCUT2D eigenvalue weighted by molar-refractivity contribution is 0.472. The van der Waals surface area contributed by atoms with E-state index in [1.807, 2.05) is 5.38 Å². The Bertz CT molecular complexity index is 958. The minimum absolute atomic E-state index is 0.138. The minimum atomic E-state index is -0.301. The second-order valence-electron chi connectivity index (χ2n) is 4.93. The van der Waals surface area contributed by atoms with Crippen LogP contribution in [0, 0.1) is 17.1 Å². The van der Waals surface area contributed by atoms with Crippen LogP contribution in [0.3, 0.4) is 0 Å². The van der Waals surface area contributed by atoms with Crippen LogP contribution in [0.2, 0.25) is 0 Å². The minimum Gasteiger partial charge on any atom is -0.507 e. The molecule has 24 heavy (non-hydrogen) atoms. The summed E-state index contributed by atoms with van der Waals surface area (Å²) >= 11 is 4.60. The molecule has 0 amide bonds. The van der Waals surface area contributed by atoms with E-state index in [1.165, 1.54) is 23.5 Å². The van der Waals surface area contributed by atoms with Crippen LogP contribution in [0.15, 0.2) is 52.3 Å². The van der Waals surface area contributed by atoms with Gasteiger partial charge in [-0.1, -0.05) is 6.07 Å².